The van der Waals surface area contributed by atoms with E-state index in [1.807, 2.05) is 0 Å². The summed E-state index contributed by atoms with van der Waals surface area (Å²) < 4.78 is 1.29. The molecule has 0 nitrogen and oxygen atoms in total. The molecule has 1 aromatic rings. The molecule has 0 atom stereocenters. The van der Waals surface area contributed by atoms with E-state index in [1.165, 1.54) is 22.9 Å². The molecule has 0 fully saturated rings. The van der Waals surface area contributed by atoms with Crippen molar-refractivity contribution in [2.75, 3.05) is 0 Å². The Bertz CT molecular complexity index is 515. The molecule has 0 saturated carbocycles. The van der Waals surface area contributed by atoms with Gasteiger partial charge in [-0.2, -0.15) is 0 Å². The van der Waals surface area contributed by atoms with Crippen molar-refractivity contribution in [3.8, 4) is 0 Å². The van der Waals surface area contributed by atoms with Gasteiger partial charge in [-0.1, -0.05) is 70.5 Å². The molecule has 0 N–H and O–H groups in total. The zero-order chi connectivity index (χ0) is 15.3. The summed E-state index contributed by atoms with van der Waals surface area (Å²) in [5.74, 6) is 0. The molecular weight excluding hydrogens is 308 g/mol. The molecular formula is C19H29Br. The Morgan fingerprint density at radius 1 is 0.950 bits per heavy atom. The number of fused-ring (bicyclic) bond motifs is 1. The first-order valence-corrected chi connectivity index (χ1v) is 8.55. The predicted octanol–water partition coefficient (Wildman–Crippen LogP) is 6.39. The van der Waals surface area contributed by atoms with Gasteiger partial charge in [0.25, 0.3) is 0 Å². The smallest absolute Gasteiger partial charge is 0.0210 e. The van der Waals surface area contributed by atoms with E-state index in [0.717, 1.165) is 6.42 Å². The molecule has 1 heteroatoms. The van der Waals surface area contributed by atoms with E-state index in [-0.39, 0.29) is 0 Å². The van der Waals surface area contributed by atoms with Crippen LogP contribution in [0.5, 0.6) is 0 Å². The van der Waals surface area contributed by atoms with Gasteiger partial charge in [0.2, 0.25) is 0 Å². The summed E-state index contributed by atoms with van der Waals surface area (Å²) in [5, 5.41) is 0. The fraction of sp³-hybridized carbons (Fsp3) is 0.684. The number of rotatable bonds is 1. The van der Waals surface area contributed by atoms with Gasteiger partial charge in [0.05, 0.1) is 0 Å². The molecule has 20 heavy (non-hydrogen) atoms. The molecule has 1 aromatic carbocycles. The molecule has 0 unspecified atom stereocenters. The lowest BCUT2D eigenvalue weighted by Gasteiger charge is -2.42. The van der Waals surface area contributed by atoms with E-state index in [0.29, 0.717) is 16.2 Å². The highest BCUT2D eigenvalue weighted by Gasteiger charge is 2.37. The zero-order valence-corrected chi connectivity index (χ0v) is 15.7. The van der Waals surface area contributed by atoms with E-state index < -0.39 is 0 Å². The molecule has 0 amide bonds. The lowest BCUT2D eigenvalue weighted by Crippen LogP contribution is -2.34. The summed E-state index contributed by atoms with van der Waals surface area (Å²) in [6, 6.07) is 4.88. The van der Waals surface area contributed by atoms with E-state index >= 15 is 0 Å². The van der Waals surface area contributed by atoms with Gasteiger partial charge in [-0.15, -0.1) is 0 Å². The Balaban J connectivity index is 2.58. The van der Waals surface area contributed by atoms with Gasteiger partial charge >= 0.3 is 0 Å². The molecule has 0 spiro atoms. The van der Waals surface area contributed by atoms with Gasteiger partial charge in [0, 0.05) is 4.47 Å². The van der Waals surface area contributed by atoms with Crippen LogP contribution in [-0.4, -0.2) is 0 Å². The molecule has 0 radical (unpaired) electrons. The molecule has 112 valence electrons. The van der Waals surface area contributed by atoms with E-state index in [1.54, 1.807) is 11.1 Å². The standard InChI is InChI=1S/C19H29Br/c1-17(2,3)12-13-10-14-15(11-16(13)20)19(6,7)9-8-18(14,4)5/h10-11H,8-9,12H2,1-7H3. The maximum Gasteiger partial charge on any atom is 0.0210 e. The molecule has 0 bridgehead atoms. The monoisotopic (exact) mass is 336 g/mol. The second-order valence-electron chi connectivity index (χ2n) is 8.99. The summed E-state index contributed by atoms with van der Waals surface area (Å²) >= 11 is 3.82. The number of hydrogen-bond acceptors (Lipinski definition) is 0. The topological polar surface area (TPSA) is 0 Å². The Kier molecular flexibility index (Phi) is 3.91. The Labute approximate surface area is 133 Å². The van der Waals surface area contributed by atoms with Gasteiger partial charge in [-0.25, -0.2) is 0 Å². The van der Waals surface area contributed by atoms with E-state index in [4.69, 9.17) is 0 Å². The minimum atomic E-state index is 0.299. The van der Waals surface area contributed by atoms with Crippen molar-refractivity contribution in [1.29, 1.82) is 0 Å². The van der Waals surface area contributed by atoms with Gasteiger partial charge in [0.1, 0.15) is 0 Å². The maximum absolute atomic E-state index is 3.82. The Morgan fingerprint density at radius 3 is 1.85 bits per heavy atom. The third-order valence-corrected chi connectivity index (χ3v) is 5.48. The van der Waals surface area contributed by atoms with Gasteiger partial charge < -0.3 is 0 Å². The van der Waals surface area contributed by atoms with Crippen molar-refractivity contribution in [2.24, 2.45) is 5.41 Å². The van der Waals surface area contributed by atoms with E-state index in [9.17, 15) is 0 Å². The molecule has 0 aromatic heterocycles. The van der Waals surface area contributed by atoms with Crippen LogP contribution in [0, 0.1) is 5.41 Å². The largest absolute Gasteiger partial charge is 0.0599 e. The highest BCUT2D eigenvalue weighted by molar-refractivity contribution is 9.10. The first-order chi connectivity index (χ1) is 8.92. The van der Waals surface area contributed by atoms with Crippen molar-refractivity contribution in [1.82, 2.24) is 0 Å². The van der Waals surface area contributed by atoms with Crippen molar-refractivity contribution >= 4 is 15.9 Å². The highest BCUT2D eigenvalue weighted by Crippen LogP contribution is 2.47. The molecule has 0 saturated heterocycles. The second-order valence-corrected chi connectivity index (χ2v) is 9.85. The molecule has 0 heterocycles. The quantitative estimate of drug-likeness (QED) is 0.557. The van der Waals surface area contributed by atoms with Crippen LogP contribution >= 0.6 is 15.9 Å². The lowest BCUT2D eigenvalue weighted by atomic mass is 9.62. The summed E-state index contributed by atoms with van der Waals surface area (Å²) in [6.45, 7) is 16.5. The van der Waals surface area contributed by atoms with Crippen molar-refractivity contribution in [3.63, 3.8) is 0 Å². The van der Waals surface area contributed by atoms with Crippen LogP contribution in [0.3, 0.4) is 0 Å². The number of halogens is 1. The number of hydrogen-bond donors (Lipinski definition) is 0. The summed E-state index contributed by atoms with van der Waals surface area (Å²) in [5.41, 5.74) is 5.49. The Morgan fingerprint density at radius 2 is 1.40 bits per heavy atom. The third kappa shape index (κ3) is 3.13. The SMILES string of the molecule is CC(C)(C)Cc1cc2c(cc1Br)C(C)(C)CCC2(C)C. The van der Waals surface area contributed by atoms with Crippen molar-refractivity contribution < 1.29 is 0 Å². The van der Waals surface area contributed by atoms with Crippen LogP contribution in [0.4, 0.5) is 0 Å². The molecule has 1 aliphatic rings. The zero-order valence-electron chi connectivity index (χ0n) is 14.2. The fourth-order valence-corrected chi connectivity index (χ4v) is 3.82. The second kappa shape index (κ2) is 4.87. The summed E-state index contributed by atoms with van der Waals surface area (Å²) in [6.07, 6.45) is 3.68. The minimum absolute atomic E-state index is 0.299. The highest BCUT2D eigenvalue weighted by atomic mass is 79.9. The third-order valence-electron chi connectivity index (χ3n) is 4.74. The lowest BCUT2D eigenvalue weighted by molar-refractivity contribution is 0.330. The predicted molar refractivity (Wildman–Crippen MR) is 92.6 cm³/mol. The van der Waals surface area contributed by atoms with Gasteiger partial charge in [0.15, 0.2) is 0 Å². The van der Waals surface area contributed by atoms with Gasteiger partial charge in [-0.3, -0.25) is 0 Å². The summed E-state index contributed by atoms with van der Waals surface area (Å²) in [7, 11) is 0. The minimum Gasteiger partial charge on any atom is -0.0599 e. The van der Waals surface area contributed by atoms with Crippen LogP contribution in [-0.2, 0) is 17.3 Å². The van der Waals surface area contributed by atoms with Crippen LogP contribution in [0.1, 0.15) is 78.0 Å². The number of benzene rings is 1. The fourth-order valence-electron chi connectivity index (χ4n) is 3.34. The average Bonchev–Trinajstić information content (AvgIpc) is 2.25. The first-order valence-electron chi connectivity index (χ1n) is 7.76. The van der Waals surface area contributed by atoms with Crippen LogP contribution in [0.25, 0.3) is 0 Å². The summed E-state index contributed by atoms with van der Waals surface area (Å²) in [4.78, 5) is 0. The van der Waals surface area contributed by atoms with Crippen LogP contribution < -0.4 is 0 Å². The van der Waals surface area contributed by atoms with Crippen LogP contribution in [0.2, 0.25) is 0 Å². The van der Waals surface area contributed by atoms with Gasteiger partial charge in [-0.05, 0) is 58.3 Å². The average molecular weight is 337 g/mol. The Hall–Kier alpha value is -0.300. The molecule has 0 aliphatic heterocycles. The first kappa shape index (κ1) is 16.1. The molecule has 2 rings (SSSR count). The van der Waals surface area contributed by atoms with Crippen molar-refractivity contribution in [2.45, 2.75) is 78.6 Å². The molecule has 1 aliphatic carbocycles. The van der Waals surface area contributed by atoms with Crippen molar-refractivity contribution in [3.05, 3.63) is 33.3 Å². The van der Waals surface area contributed by atoms with E-state index in [2.05, 4.69) is 76.5 Å². The van der Waals surface area contributed by atoms with Crippen LogP contribution in [0.15, 0.2) is 16.6 Å². The maximum atomic E-state index is 3.82. The normalized spacial score (nSPS) is 20.6.